The molecule has 0 saturated heterocycles. The fraction of sp³-hybridized carbons (Fsp3) is 0. The molecule has 0 amide bonds. The molecule has 2 rings (SSSR count). The molecular formula is C9H5N3OS3. The number of H-pyrrole nitrogens is 2. The van der Waals surface area contributed by atoms with Crippen LogP contribution in [0.15, 0.2) is 20.9 Å². The number of hydrogen-bond acceptors (Lipinski definition) is 5. The number of nitrogens with zero attached hydrogens (tertiary/aromatic N) is 1. The Kier molecular flexibility index (Phi) is 2.80. The minimum absolute atomic E-state index is 0.0242. The standard InChI is InChI=1S/C9H5N3OS3/c10-1-3-2-11-5-4(6(3)13)7(14)9(16)12-8(5)15/h2,14H,(H,11,13)(H2,12,15,16). The van der Waals surface area contributed by atoms with E-state index in [0.717, 1.165) is 0 Å². The Labute approximate surface area is 106 Å². The number of hydrogen-bond donors (Lipinski definition) is 4. The van der Waals surface area contributed by atoms with Crippen LogP contribution in [0.4, 0.5) is 0 Å². The topological polar surface area (TPSA) is 72.4 Å². The zero-order valence-corrected chi connectivity index (χ0v) is 10.3. The maximum Gasteiger partial charge on any atom is 0.208 e. The van der Waals surface area contributed by atoms with Crippen molar-refractivity contribution >= 4 is 48.4 Å². The van der Waals surface area contributed by atoms with E-state index >= 15 is 0 Å². The van der Waals surface area contributed by atoms with Crippen LogP contribution in [0.1, 0.15) is 5.56 Å². The summed E-state index contributed by atoms with van der Waals surface area (Å²) in [5.41, 5.74) is 0.124. The van der Waals surface area contributed by atoms with E-state index in [4.69, 9.17) is 17.5 Å². The molecule has 0 radical (unpaired) electrons. The summed E-state index contributed by atoms with van der Waals surface area (Å²) in [4.78, 5) is 17.9. The van der Waals surface area contributed by atoms with Crippen molar-refractivity contribution in [1.29, 1.82) is 5.26 Å². The summed E-state index contributed by atoms with van der Waals surface area (Å²) in [7, 11) is 0. The maximum absolute atomic E-state index is 11.9. The van der Waals surface area contributed by atoms with Gasteiger partial charge in [-0.25, -0.2) is 0 Å². The van der Waals surface area contributed by atoms with Gasteiger partial charge in [0.05, 0.1) is 20.8 Å². The van der Waals surface area contributed by atoms with Crippen molar-refractivity contribution < 1.29 is 0 Å². The van der Waals surface area contributed by atoms with Crippen molar-refractivity contribution in [2.75, 3.05) is 0 Å². The van der Waals surface area contributed by atoms with Crippen LogP contribution in [0.2, 0.25) is 0 Å². The second-order valence-electron chi connectivity index (χ2n) is 3.04. The van der Waals surface area contributed by atoms with Gasteiger partial charge in [-0.05, 0) is 0 Å². The van der Waals surface area contributed by atoms with Crippen LogP contribution < -0.4 is 5.43 Å². The number of aromatic nitrogens is 2. The lowest BCUT2D eigenvalue weighted by molar-refractivity contribution is 1.09. The molecule has 0 aliphatic rings. The van der Waals surface area contributed by atoms with Crippen molar-refractivity contribution in [1.82, 2.24) is 9.97 Å². The van der Waals surface area contributed by atoms with E-state index in [2.05, 4.69) is 35.2 Å². The molecule has 0 unspecified atom stereocenters. The first-order valence-corrected chi connectivity index (χ1v) is 5.46. The predicted molar refractivity (Wildman–Crippen MR) is 69.0 cm³/mol. The van der Waals surface area contributed by atoms with Crippen molar-refractivity contribution in [3.63, 3.8) is 0 Å². The predicted octanol–water partition coefficient (Wildman–Crippen LogP) is 2.03. The molecule has 7 heteroatoms. The van der Waals surface area contributed by atoms with Crippen molar-refractivity contribution in [2.24, 2.45) is 0 Å². The summed E-state index contributed by atoms with van der Waals surface area (Å²) >= 11 is 13.3. The van der Waals surface area contributed by atoms with Crippen LogP contribution in [-0.4, -0.2) is 9.97 Å². The lowest BCUT2D eigenvalue weighted by atomic mass is 10.2. The molecule has 2 heterocycles. The molecule has 0 aliphatic carbocycles. The van der Waals surface area contributed by atoms with Gasteiger partial charge in [0.25, 0.3) is 0 Å². The molecule has 2 aromatic heterocycles. The van der Waals surface area contributed by atoms with E-state index < -0.39 is 5.43 Å². The van der Waals surface area contributed by atoms with Crippen molar-refractivity contribution in [2.45, 2.75) is 9.92 Å². The molecule has 80 valence electrons. The summed E-state index contributed by atoms with van der Waals surface area (Å²) < 4.78 is 0.321. The first-order valence-electron chi connectivity index (χ1n) is 4.16. The third kappa shape index (κ3) is 1.55. The second kappa shape index (κ2) is 3.97. The minimum atomic E-state index is -0.392. The molecule has 0 aromatic carbocycles. The number of thiol groups is 2. The Morgan fingerprint density at radius 2 is 2.12 bits per heavy atom. The molecule has 2 aromatic rings. The van der Waals surface area contributed by atoms with Gasteiger partial charge in [0, 0.05) is 6.20 Å². The molecule has 2 N–H and O–H groups in total. The molecule has 0 spiro atoms. The van der Waals surface area contributed by atoms with E-state index in [1.807, 2.05) is 0 Å². The molecular weight excluding hydrogens is 262 g/mol. The molecule has 0 saturated carbocycles. The van der Waals surface area contributed by atoms with Gasteiger partial charge in [-0.1, -0.05) is 12.2 Å². The monoisotopic (exact) mass is 267 g/mol. The second-order valence-corrected chi connectivity index (χ2v) is 4.35. The maximum atomic E-state index is 11.9. The Morgan fingerprint density at radius 1 is 1.44 bits per heavy atom. The quantitative estimate of drug-likeness (QED) is 0.436. The summed E-state index contributed by atoms with van der Waals surface area (Å²) in [5.74, 6) is 0. The Morgan fingerprint density at radius 3 is 2.75 bits per heavy atom. The molecule has 16 heavy (non-hydrogen) atoms. The molecule has 0 bridgehead atoms. The van der Waals surface area contributed by atoms with E-state index in [-0.39, 0.29) is 10.9 Å². The Hall–Kier alpha value is -1.23. The van der Waals surface area contributed by atoms with Crippen LogP contribution in [0.25, 0.3) is 10.9 Å². The average molecular weight is 267 g/mol. The van der Waals surface area contributed by atoms with Crippen molar-refractivity contribution in [3.05, 3.63) is 26.6 Å². The lowest BCUT2D eigenvalue weighted by Crippen LogP contribution is -2.09. The van der Waals surface area contributed by atoms with E-state index in [9.17, 15) is 4.79 Å². The summed E-state index contributed by atoms with van der Waals surface area (Å²) in [6.07, 6.45) is 1.34. The number of nitrogens with one attached hydrogen (secondary N) is 2. The SMILES string of the molecule is N#Cc1c[nH]c2c(S)[nH]c(=S)c(S)c2c1=O. The number of nitriles is 1. The van der Waals surface area contributed by atoms with Crippen LogP contribution in [0.3, 0.4) is 0 Å². The highest BCUT2D eigenvalue weighted by molar-refractivity contribution is 7.81. The summed E-state index contributed by atoms with van der Waals surface area (Å²) in [6, 6.07) is 1.81. The Bertz CT molecular complexity index is 738. The highest BCUT2D eigenvalue weighted by Gasteiger charge is 2.11. The highest BCUT2D eigenvalue weighted by atomic mass is 32.1. The largest absolute Gasteiger partial charge is 0.358 e. The van der Waals surface area contributed by atoms with Gasteiger partial charge in [-0.2, -0.15) is 5.26 Å². The first kappa shape index (κ1) is 11.3. The lowest BCUT2D eigenvalue weighted by Gasteiger charge is -2.04. The smallest absolute Gasteiger partial charge is 0.208 e. The fourth-order valence-corrected chi connectivity index (χ4v) is 2.21. The van der Waals surface area contributed by atoms with E-state index in [1.165, 1.54) is 6.20 Å². The van der Waals surface area contributed by atoms with Crippen LogP contribution in [-0.2, 0) is 0 Å². The fourth-order valence-electron chi connectivity index (χ4n) is 1.37. The average Bonchev–Trinajstić information content (AvgIpc) is 2.26. The first-order chi connectivity index (χ1) is 7.56. The van der Waals surface area contributed by atoms with Crippen molar-refractivity contribution in [3.8, 4) is 6.07 Å². The van der Waals surface area contributed by atoms with E-state index in [1.54, 1.807) is 6.07 Å². The normalized spacial score (nSPS) is 10.3. The van der Waals surface area contributed by atoms with Gasteiger partial charge < -0.3 is 9.97 Å². The Balaban J connectivity index is 3.17. The molecule has 0 atom stereocenters. The number of rotatable bonds is 0. The molecule has 0 aliphatic heterocycles. The number of aromatic amines is 2. The van der Waals surface area contributed by atoms with Gasteiger partial charge in [0.1, 0.15) is 16.3 Å². The number of pyridine rings is 2. The van der Waals surface area contributed by atoms with E-state index in [0.29, 0.717) is 20.1 Å². The highest BCUT2D eigenvalue weighted by Crippen LogP contribution is 2.22. The van der Waals surface area contributed by atoms with Gasteiger partial charge in [0.2, 0.25) is 5.43 Å². The minimum Gasteiger partial charge on any atom is -0.358 e. The molecule has 4 nitrogen and oxygen atoms in total. The third-order valence-corrected chi connectivity index (χ3v) is 3.36. The van der Waals surface area contributed by atoms with Crippen LogP contribution >= 0.6 is 37.5 Å². The summed E-state index contributed by atoms with van der Waals surface area (Å²) in [5, 5.41) is 9.49. The van der Waals surface area contributed by atoms with Gasteiger partial charge in [-0.15, -0.1) is 25.3 Å². The van der Waals surface area contributed by atoms with Gasteiger partial charge >= 0.3 is 0 Å². The number of fused-ring (bicyclic) bond motifs is 1. The zero-order valence-electron chi connectivity index (χ0n) is 7.74. The summed E-state index contributed by atoms with van der Waals surface area (Å²) in [6.45, 7) is 0. The van der Waals surface area contributed by atoms with Crippen LogP contribution in [0, 0.1) is 16.0 Å². The molecule has 0 fully saturated rings. The van der Waals surface area contributed by atoms with Gasteiger partial charge in [0.15, 0.2) is 0 Å². The third-order valence-electron chi connectivity index (χ3n) is 2.12. The van der Waals surface area contributed by atoms with Crippen LogP contribution in [0.5, 0.6) is 0 Å². The van der Waals surface area contributed by atoms with Gasteiger partial charge in [-0.3, -0.25) is 4.79 Å². The zero-order chi connectivity index (χ0) is 11.9.